The molecule has 0 spiro atoms. The highest BCUT2D eigenvalue weighted by Crippen LogP contribution is 2.30. The lowest BCUT2D eigenvalue weighted by atomic mass is 10.2. The molecule has 25 heavy (non-hydrogen) atoms. The Labute approximate surface area is 154 Å². The summed E-state index contributed by atoms with van der Waals surface area (Å²) >= 11 is 7.34. The predicted molar refractivity (Wildman–Crippen MR) is 95.2 cm³/mol. The highest BCUT2D eigenvalue weighted by Gasteiger charge is 2.29. The molecule has 0 saturated carbocycles. The second-order valence-corrected chi connectivity index (χ2v) is 7.22. The van der Waals surface area contributed by atoms with Gasteiger partial charge in [0.25, 0.3) is 5.91 Å². The van der Waals surface area contributed by atoms with Gasteiger partial charge in [0.1, 0.15) is 9.88 Å². The molecule has 1 amide bonds. The van der Waals surface area contributed by atoms with Crippen LogP contribution in [0.2, 0.25) is 5.02 Å². The van der Waals surface area contributed by atoms with Gasteiger partial charge in [0, 0.05) is 23.7 Å². The maximum Gasteiger partial charge on any atom is 0.306 e. The molecule has 2 heterocycles. The summed E-state index contributed by atoms with van der Waals surface area (Å²) in [5.74, 6) is -1.07. The van der Waals surface area contributed by atoms with E-state index in [1.165, 1.54) is 11.3 Å². The van der Waals surface area contributed by atoms with E-state index in [1.807, 2.05) is 18.2 Å². The molecule has 132 valence electrons. The van der Waals surface area contributed by atoms with E-state index in [-0.39, 0.29) is 18.9 Å². The molecule has 1 aliphatic heterocycles. The number of carbonyl (C=O) groups is 2. The van der Waals surface area contributed by atoms with E-state index in [9.17, 15) is 9.59 Å². The smallest absolute Gasteiger partial charge is 0.306 e. The van der Waals surface area contributed by atoms with E-state index < -0.39 is 12.1 Å². The lowest BCUT2D eigenvalue weighted by Gasteiger charge is -2.32. The molecular weight excluding hydrogens is 364 g/mol. The molecule has 1 saturated heterocycles. The van der Waals surface area contributed by atoms with Crippen molar-refractivity contribution in [2.24, 2.45) is 0 Å². The Bertz CT molecular complexity index is 808. The molecule has 1 fully saturated rings. The number of hydrogen-bond donors (Lipinski definition) is 1. The predicted octanol–water partition coefficient (Wildman–Crippen LogP) is 3.09. The first-order chi connectivity index (χ1) is 11.9. The number of benzene rings is 1. The second kappa shape index (κ2) is 7.51. The fourth-order valence-corrected chi connectivity index (χ4v) is 3.93. The molecule has 1 aliphatic rings. The third kappa shape index (κ3) is 4.18. The van der Waals surface area contributed by atoms with Crippen molar-refractivity contribution in [3.63, 3.8) is 0 Å². The molecule has 1 aromatic heterocycles. The zero-order chi connectivity index (χ0) is 18.0. The second-order valence-electron chi connectivity index (χ2n) is 5.79. The molecule has 0 aliphatic carbocycles. The van der Waals surface area contributed by atoms with Gasteiger partial charge in [-0.3, -0.25) is 9.59 Å². The number of morpholine rings is 1. The largest absolute Gasteiger partial charge is 0.481 e. The van der Waals surface area contributed by atoms with Crippen LogP contribution in [0, 0.1) is 6.92 Å². The first kappa shape index (κ1) is 17.8. The fraction of sp³-hybridized carbons (Fsp3) is 0.353. The number of halogens is 1. The molecule has 3 rings (SSSR count). The van der Waals surface area contributed by atoms with Crippen LogP contribution in [0.15, 0.2) is 24.3 Å². The van der Waals surface area contributed by atoms with Crippen molar-refractivity contribution in [1.82, 2.24) is 9.88 Å². The van der Waals surface area contributed by atoms with Crippen LogP contribution < -0.4 is 0 Å². The topological polar surface area (TPSA) is 79.7 Å². The van der Waals surface area contributed by atoms with E-state index >= 15 is 0 Å². The van der Waals surface area contributed by atoms with Gasteiger partial charge in [-0.25, -0.2) is 4.98 Å². The number of nitrogens with zero attached hydrogens (tertiary/aromatic N) is 2. The number of carboxylic acid groups (broad SMARTS) is 1. The van der Waals surface area contributed by atoms with Gasteiger partial charge >= 0.3 is 5.97 Å². The molecule has 2 aromatic rings. The summed E-state index contributed by atoms with van der Waals surface area (Å²) in [7, 11) is 0. The van der Waals surface area contributed by atoms with Crippen molar-refractivity contribution in [2.75, 3.05) is 19.7 Å². The summed E-state index contributed by atoms with van der Waals surface area (Å²) in [6, 6.07) is 7.34. The lowest BCUT2D eigenvalue weighted by molar-refractivity contribution is -0.141. The third-order valence-corrected chi connectivity index (χ3v) is 5.32. The average molecular weight is 381 g/mol. The summed E-state index contributed by atoms with van der Waals surface area (Å²) in [5, 5.41) is 10.3. The van der Waals surface area contributed by atoms with Crippen molar-refractivity contribution < 1.29 is 19.4 Å². The van der Waals surface area contributed by atoms with Gasteiger partial charge in [0.2, 0.25) is 0 Å². The van der Waals surface area contributed by atoms with E-state index in [4.69, 9.17) is 21.4 Å². The average Bonchev–Trinajstić information content (AvgIpc) is 2.96. The number of carboxylic acids is 1. The quantitative estimate of drug-likeness (QED) is 0.881. The minimum Gasteiger partial charge on any atom is -0.481 e. The van der Waals surface area contributed by atoms with Crippen molar-refractivity contribution in [3.8, 4) is 10.6 Å². The number of hydrogen-bond acceptors (Lipinski definition) is 5. The standard InChI is InChI=1S/C17H17ClN2O4S/c1-10-15(25-16(19-10)11-3-2-4-12(18)7-11)17(23)20-5-6-24-13(9-20)8-14(21)22/h2-4,7,13H,5-6,8-9H2,1H3,(H,21,22)/t13-/m0/s1. The Morgan fingerprint density at radius 3 is 3.00 bits per heavy atom. The highest BCUT2D eigenvalue weighted by atomic mass is 35.5. The summed E-state index contributed by atoms with van der Waals surface area (Å²) < 4.78 is 5.42. The third-order valence-electron chi connectivity index (χ3n) is 3.89. The van der Waals surface area contributed by atoms with Gasteiger partial charge in [0.15, 0.2) is 0 Å². The molecule has 0 radical (unpaired) electrons. The van der Waals surface area contributed by atoms with Crippen LogP contribution in [0.3, 0.4) is 0 Å². The summed E-state index contributed by atoms with van der Waals surface area (Å²) in [6.07, 6.45) is -0.588. The van der Waals surface area contributed by atoms with Crippen LogP contribution >= 0.6 is 22.9 Å². The molecule has 1 aromatic carbocycles. The number of thiazole rings is 1. The maximum absolute atomic E-state index is 12.8. The van der Waals surface area contributed by atoms with Crippen molar-refractivity contribution in [3.05, 3.63) is 39.9 Å². The molecule has 0 bridgehead atoms. The lowest BCUT2D eigenvalue weighted by Crippen LogP contribution is -2.46. The Morgan fingerprint density at radius 1 is 1.48 bits per heavy atom. The zero-order valence-electron chi connectivity index (χ0n) is 13.6. The van der Waals surface area contributed by atoms with Crippen molar-refractivity contribution in [2.45, 2.75) is 19.4 Å². The van der Waals surface area contributed by atoms with Crippen LogP contribution in [0.5, 0.6) is 0 Å². The van der Waals surface area contributed by atoms with Crippen LogP contribution in [-0.2, 0) is 9.53 Å². The minimum absolute atomic E-state index is 0.112. The monoisotopic (exact) mass is 380 g/mol. The summed E-state index contributed by atoms with van der Waals surface area (Å²) in [6.45, 7) is 2.85. The van der Waals surface area contributed by atoms with E-state index in [2.05, 4.69) is 4.98 Å². The van der Waals surface area contributed by atoms with Gasteiger partial charge < -0.3 is 14.7 Å². The van der Waals surface area contributed by atoms with E-state index in [0.29, 0.717) is 28.7 Å². The van der Waals surface area contributed by atoms with Crippen LogP contribution in [0.1, 0.15) is 21.8 Å². The number of aliphatic carboxylic acids is 1. The molecule has 6 nitrogen and oxygen atoms in total. The molecule has 1 atom stereocenters. The fourth-order valence-electron chi connectivity index (χ4n) is 2.71. The van der Waals surface area contributed by atoms with Crippen LogP contribution in [0.25, 0.3) is 10.6 Å². The first-order valence-corrected chi connectivity index (χ1v) is 8.99. The number of aromatic nitrogens is 1. The van der Waals surface area contributed by atoms with Gasteiger partial charge in [-0.2, -0.15) is 0 Å². The van der Waals surface area contributed by atoms with Crippen molar-refractivity contribution >= 4 is 34.8 Å². The first-order valence-electron chi connectivity index (χ1n) is 7.80. The van der Waals surface area contributed by atoms with Crippen molar-refractivity contribution in [1.29, 1.82) is 0 Å². The molecule has 8 heteroatoms. The summed E-state index contributed by atoms with van der Waals surface area (Å²) in [4.78, 5) is 30.4. The van der Waals surface area contributed by atoms with E-state index in [1.54, 1.807) is 17.9 Å². The molecule has 1 N–H and O–H groups in total. The maximum atomic E-state index is 12.8. The Kier molecular flexibility index (Phi) is 5.36. The van der Waals surface area contributed by atoms with E-state index in [0.717, 1.165) is 10.6 Å². The van der Waals surface area contributed by atoms with Crippen LogP contribution in [-0.4, -0.2) is 52.7 Å². The van der Waals surface area contributed by atoms with Gasteiger partial charge in [0.05, 0.1) is 24.8 Å². The molecule has 0 unspecified atom stereocenters. The summed E-state index contributed by atoms with van der Waals surface area (Å²) in [5.41, 5.74) is 1.52. The number of carbonyl (C=O) groups excluding carboxylic acids is 1. The van der Waals surface area contributed by atoms with Gasteiger partial charge in [-0.1, -0.05) is 23.7 Å². The number of ether oxygens (including phenoxy) is 1. The van der Waals surface area contributed by atoms with Crippen LogP contribution in [0.4, 0.5) is 0 Å². The zero-order valence-corrected chi connectivity index (χ0v) is 15.1. The number of amides is 1. The SMILES string of the molecule is Cc1nc(-c2cccc(Cl)c2)sc1C(=O)N1CCO[C@@H](CC(=O)O)C1. The van der Waals surface area contributed by atoms with Gasteiger partial charge in [-0.15, -0.1) is 11.3 Å². The Hall–Kier alpha value is -1.96. The Morgan fingerprint density at radius 2 is 2.28 bits per heavy atom. The molecular formula is C17H17ClN2O4S. The Balaban J connectivity index is 1.79. The normalized spacial score (nSPS) is 17.5. The minimum atomic E-state index is -0.934. The van der Waals surface area contributed by atoms with Gasteiger partial charge in [-0.05, 0) is 19.1 Å². The number of rotatable bonds is 4. The highest BCUT2D eigenvalue weighted by molar-refractivity contribution is 7.17. The number of aryl methyl sites for hydroxylation is 1.